The molecule has 2 N–H and O–H groups in total. The fraction of sp³-hybridized carbons (Fsp3) is 0.632. The zero-order valence-electron chi connectivity index (χ0n) is 14.9. The van der Waals surface area contributed by atoms with Crippen molar-refractivity contribution in [1.29, 1.82) is 0 Å². The summed E-state index contributed by atoms with van der Waals surface area (Å²) in [6.45, 7) is 6.62. The maximum Gasteiger partial charge on any atom is 0.222 e. The number of rotatable bonds is 7. The molecule has 0 radical (unpaired) electrons. The first kappa shape index (κ1) is 20.8. The van der Waals surface area contributed by atoms with E-state index in [-0.39, 0.29) is 24.4 Å². The minimum Gasteiger partial charge on any atom is -0.494 e. The summed E-state index contributed by atoms with van der Waals surface area (Å²) in [7, 11) is 0. The summed E-state index contributed by atoms with van der Waals surface area (Å²) in [5, 5.41) is 0. The zero-order valence-corrected chi connectivity index (χ0v) is 15.7. The van der Waals surface area contributed by atoms with Crippen LogP contribution in [0.1, 0.15) is 45.1 Å². The minimum absolute atomic E-state index is 0. The number of ether oxygens (including phenoxy) is 1. The number of hydrogen-bond acceptors (Lipinski definition) is 3. The van der Waals surface area contributed by atoms with E-state index in [4.69, 9.17) is 10.5 Å². The van der Waals surface area contributed by atoms with Crippen molar-refractivity contribution in [3.05, 3.63) is 29.8 Å². The maximum atomic E-state index is 12.3. The van der Waals surface area contributed by atoms with Gasteiger partial charge in [0.2, 0.25) is 5.91 Å². The lowest BCUT2D eigenvalue weighted by Crippen LogP contribution is -2.42. The van der Waals surface area contributed by atoms with Gasteiger partial charge in [-0.25, -0.2) is 0 Å². The maximum absolute atomic E-state index is 12.3. The van der Waals surface area contributed by atoms with Gasteiger partial charge in [0.1, 0.15) is 5.75 Å². The van der Waals surface area contributed by atoms with Crippen molar-refractivity contribution in [3.8, 4) is 5.75 Å². The molecule has 2 rings (SSSR count). The molecule has 1 aliphatic rings. The van der Waals surface area contributed by atoms with Gasteiger partial charge in [-0.15, -0.1) is 12.4 Å². The highest BCUT2D eigenvalue weighted by Crippen LogP contribution is 2.20. The van der Waals surface area contributed by atoms with E-state index in [1.165, 1.54) is 5.56 Å². The first-order valence-corrected chi connectivity index (χ1v) is 8.85. The summed E-state index contributed by atoms with van der Waals surface area (Å²) in [5.41, 5.74) is 7.14. The largest absolute Gasteiger partial charge is 0.494 e. The number of likely N-dealkylation sites (tertiary alicyclic amines) is 1. The van der Waals surface area contributed by atoms with Crippen molar-refractivity contribution in [1.82, 2.24) is 4.90 Å². The standard InChI is InChI=1S/C19H30N2O2.ClH/c1-3-14-23-18-7-4-16(5-8-18)6-9-19(22)21-12-10-17(11-13-21)15(2)20;/h4-5,7-8,15,17H,3,6,9-14,20H2,1-2H3;1H. The molecule has 1 heterocycles. The lowest BCUT2D eigenvalue weighted by atomic mass is 9.91. The van der Waals surface area contributed by atoms with Gasteiger partial charge in [-0.1, -0.05) is 19.1 Å². The molecule has 1 fully saturated rings. The van der Waals surface area contributed by atoms with Crippen molar-refractivity contribution < 1.29 is 9.53 Å². The average Bonchev–Trinajstić information content (AvgIpc) is 2.58. The minimum atomic E-state index is 0. The summed E-state index contributed by atoms with van der Waals surface area (Å²) in [6, 6.07) is 8.33. The molecule has 1 amide bonds. The normalized spacial score (nSPS) is 16.4. The predicted octanol–water partition coefficient (Wildman–Crippen LogP) is 3.42. The molecule has 0 aromatic heterocycles. The number of piperidine rings is 1. The highest BCUT2D eigenvalue weighted by Gasteiger charge is 2.24. The van der Waals surface area contributed by atoms with E-state index in [2.05, 4.69) is 26.0 Å². The molecule has 1 unspecified atom stereocenters. The van der Waals surface area contributed by atoms with Crippen LogP contribution >= 0.6 is 12.4 Å². The lowest BCUT2D eigenvalue weighted by molar-refractivity contribution is -0.132. The van der Waals surface area contributed by atoms with Gasteiger partial charge < -0.3 is 15.4 Å². The number of benzene rings is 1. The molecule has 5 heteroatoms. The number of amides is 1. The summed E-state index contributed by atoms with van der Waals surface area (Å²) in [6.07, 6.45) is 4.45. The van der Waals surface area contributed by atoms with Gasteiger partial charge >= 0.3 is 0 Å². The molecule has 1 aromatic rings. The fourth-order valence-electron chi connectivity index (χ4n) is 3.06. The topological polar surface area (TPSA) is 55.6 Å². The molecule has 0 bridgehead atoms. The Kier molecular flexibility index (Phi) is 9.16. The van der Waals surface area contributed by atoms with Gasteiger partial charge in [0.25, 0.3) is 0 Å². The van der Waals surface area contributed by atoms with Crippen LogP contribution in [0.4, 0.5) is 0 Å². The summed E-state index contributed by atoms with van der Waals surface area (Å²) < 4.78 is 5.57. The van der Waals surface area contributed by atoms with Crippen LogP contribution in [-0.2, 0) is 11.2 Å². The van der Waals surface area contributed by atoms with Gasteiger partial charge in [0, 0.05) is 25.6 Å². The number of nitrogens with two attached hydrogens (primary N) is 1. The van der Waals surface area contributed by atoms with E-state index in [0.717, 1.165) is 51.1 Å². The van der Waals surface area contributed by atoms with E-state index in [1.807, 2.05) is 17.0 Å². The smallest absolute Gasteiger partial charge is 0.222 e. The molecule has 1 aliphatic heterocycles. The third-order valence-electron chi connectivity index (χ3n) is 4.66. The monoisotopic (exact) mass is 354 g/mol. The van der Waals surface area contributed by atoms with E-state index >= 15 is 0 Å². The number of carbonyl (C=O) groups excluding carboxylic acids is 1. The Balaban J connectivity index is 0.00000288. The highest BCUT2D eigenvalue weighted by atomic mass is 35.5. The van der Waals surface area contributed by atoms with Crippen LogP contribution in [0.25, 0.3) is 0 Å². The first-order valence-electron chi connectivity index (χ1n) is 8.85. The van der Waals surface area contributed by atoms with Crippen molar-refractivity contribution >= 4 is 18.3 Å². The van der Waals surface area contributed by atoms with Gasteiger partial charge in [-0.3, -0.25) is 4.79 Å². The van der Waals surface area contributed by atoms with Crippen LogP contribution in [0.3, 0.4) is 0 Å². The number of nitrogens with zero attached hydrogens (tertiary/aromatic N) is 1. The van der Waals surface area contributed by atoms with E-state index in [0.29, 0.717) is 12.3 Å². The van der Waals surface area contributed by atoms with Crippen molar-refractivity contribution in [2.45, 2.75) is 52.0 Å². The molecule has 0 saturated carbocycles. The Labute approximate surface area is 152 Å². The van der Waals surface area contributed by atoms with E-state index in [9.17, 15) is 4.79 Å². The quantitative estimate of drug-likeness (QED) is 0.816. The Hall–Kier alpha value is -1.26. The molecule has 0 spiro atoms. The van der Waals surface area contributed by atoms with Crippen LogP contribution in [0.5, 0.6) is 5.75 Å². The SMILES string of the molecule is CCCOc1ccc(CCC(=O)N2CCC(C(C)N)CC2)cc1.Cl. The third-order valence-corrected chi connectivity index (χ3v) is 4.66. The van der Waals surface area contributed by atoms with Gasteiger partial charge in [-0.05, 0) is 56.2 Å². The van der Waals surface area contributed by atoms with E-state index < -0.39 is 0 Å². The molecule has 24 heavy (non-hydrogen) atoms. The second-order valence-corrected chi connectivity index (χ2v) is 6.57. The Morgan fingerprint density at radius 2 is 1.92 bits per heavy atom. The van der Waals surface area contributed by atoms with E-state index in [1.54, 1.807) is 0 Å². The van der Waals surface area contributed by atoms with Crippen LogP contribution in [-0.4, -0.2) is 36.5 Å². The Morgan fingerprint density at radius 1 is 1.29 bits per heavy atom. The number of aryl methyl sites for hydroxylation is 1. The van der Waals surface area contributed by atoms with Crippen molar-refractivity contribution in [2.75, 3.05) is 19.7 Å². The van der Waals surface area contributed by atoms with Crippen LogP contribution in [0, 0.1) is 5.92 Å². The van der Waals surface area contributed by atoms with Crippen LogP contribution in [0.15, 0.2) is 24.3 Å². The Morgan fingerprint density at radius 3 is 2.46 bits per heavy atom. The Bertz CT molecular complexity index is 483. The molecule has 1 aromatic carbocycles. The second-order valence-electron chi connectivity index (χ2n) is 6.57. The number of carbonyl (C=O) groups is 1. The predicted molar refractivity (Wildman–Crippen MR) is 101 cm³/mol. The number of halogens is 1. The molecule has 1 atom stereocenters. The molecule has 4 nitrogen and oxygen atoms in total. The van der Waals surface area contributed by atoms with Gasteiger partial charge in [-0.2, -0.15) is 0 Å². The zero-order chi connectivity index (χ0) is 16.7. The fourth-order valence-corrected chi connectivity index (χ4v) is 3.06. The van der Waals surface area contributed by atoms with Crippen LogP contribution in [0.2, 0.25) is 0 Å². The van der Waals surface area contributed by atoms with Gasteiger partial charge in [0.05, 0.1) is 6.61 Å². The van der Waals surface area contributed by atoms with Gasteiger partial charge in [0.15, 0.2) is 0 Å². The molecule has 136 valence electrons. The molecular weight excluding hydrogens is 324 g/mol. The second kappa shape index (κ2) is 10.6. The summed E-state index contributed by atoms with van der Waals surface area (Å²) >= 11 is 0. The lowest BCUT2D eigenvalue weighted by Gasteiger charge is -2.33. The molecular formula is C19H31ClN2O2. The highest BCUT2D eigenvalue weighted by molar-refractivity contribution is 5.85. The summed E-state index contributed by atoms with van der Waals surface area (Å²) in [4.78, 5) is 14.3. The third kappa shape index (κ3) is 6.33. The first-order chi connectivity index (χ1) is 11.1. The van der Waals surface area contributed by atoms with Crippen molar-refractivity contribution in [3.63, 3.8) is 0 Å². The molecule has 1 saturated heterocycles. The van der Waals surface area contributed by atoms with Crippen LogP contribution < -0.4 is 10.5 Å². The molecule has 0 aliphatic carbocycles. The average molecular weight is 355 g/mol. The van der Waals surface area contributed by atoms with Crippen molar-refractivity contribution in [2.24, 2.45) is 11.7 Å². The number of hydrogen-bond donors (Lipinski definition) is 1. The summed E-state index contributed by atoms with van der Waals surface area (Å²) in [5.74, 6) is 1.73.